The number of benzene rings is 3. The van der Waals surface area contributed by atoms with E-state index in [0.717, 1.165) is 36.5 Å². The topological polar surface area (TPSA) is 71.1 Å². The molecule has 7 nitrogen and oxygen atoms in total. The number of hydrogen-bond donors (Lipinski definition) is 1. The fourth-order valence-electron chi connectivity index (χ4n) is 4.36. The summed E-state index contributed by atoms with van der Waals surface area (Å²) < 4.78 is 11.9. The van der Waals surface area contributed by atoms with Gasteiger partial charge in [-0.15, -0.1) is 0 Å². The lowest BCUT2D eigenvalue weighted by Gasteiger charge is -2.36. The molecule has 1 aliphatic rings. The summed E-state index contributed by atoms with van der Waals surface area (Å²) in [5.41, 5.74) is 4.63. The van der Waals surface area contributed by atoms with Gasteiger partial charge in [-0.05, 0) is 49.2 Å². The first kappa shape index (κ1) is 26.4. The summed E-state index contributed by atoms with van der Waals surface area (Å²) in [5, 5.41) is 2.92. The van der Waals surface area contributed by atoms with Crippen LogP contribution in [0.1, 0.15) is 40.1 Å². The van der Waals surface area contributed by atoms with Crippen LogP contribution in [-0.2, 0) is 11.3 Å². The van der Waals surface area contributed by atoms with Crippen molar-refractivity contribution in [2.24, 2.45) is 0 Å². The third kappa shape index (κ3) is 7.41. The number of urea groups is 1. The van der Waals surface area contributed by atoms with Crippen LogP contribution in [-0.4, -0.2) is 61.4 Å². The fraction of sp³-hybridized carbons (Fsp3) is 0.333. The molecule has 4 rings (SSSR count). The van der Waals surface area contributed by atoms with Gasteiger partial charge in [-0.3, -0.25) is 9.69 Å². The first-order valence-electron chi connectivity index (χ1n) is 12.6. The third-order valence-corrected chi connectivity index (χ3v) is 6.64. The van der Waals surface area contributed by atoms with E-state index in [0.29, 0.717) is 30.9 Å². The van der Waals surface area contributed by atoms with Gasteiger partial charge in [0, 0.05) is 44.0 Å². The Morgan fingerprint density at radius 3 is 2.38 bits per heavy atom. The van der Waals surface area contributed by atoms with E-state index < -0.39 is 0 Å². The first-order valence-corrected chi connectivity index (χ1v) is 12.6. The maximum Gasteiger partial charge on any atom is 0.321 e. The van der Waals surface area contributed by atoms with Crippen molar-refractivity contribution in [2.45, 2.75) is 26.6 Å². The van der Waals surface area contributed by atoms with Crippen LogP contribution in [0.3, 0.4) is 0 Å². The highest BCUT2D eigenvalue weighted by Crippen LogP contribution is 2.25. The number of ketones is 1. The molecule has 0 unspecified atom stereocenters. The number of nitrogens with zero attached hydrogens (tertiary/aromatic N) is 2. The van der Waals surface area contributed by atoms with Crippen LogP contribution in [0, 0.1) is 6.92 Å². The quantitative estimate of drug-likeness (QED) is 0.402. The number of aryl methyl sites for hydroxylation is 1. The fourth-order valence-corrected chi connectivity index (χ4v) is 4.36. The van der Waals surface area contributed by atoms with Gasteiger partial charge >= 0.3 is 6.03 Å². The highest BCUT2D eigenvalue weighted by atomic mass is 16.5. The molecule has 0 bridgehead atoms. The Balaban J connectivity index is 1.36. The molecule has 1 atom stereocenters. The molecule has 1 aliphatic heterocycles. The van der Waals surface area contributed by atoms with Gasteiger partial charge in [-0.1, -0.05) is 54.1 Å². The van der Waals surface area contributed by atoms with Crippen molar-refractivity contribution in [1.82, 2.24) is 9.80 Å². The summed E-state index contributed by atoms with van der Waals surface area (Å²) >= 11 is 0. The number of methoxy groups -OCH3 is 1. The van der Waals surface area contributed by atoms with Crippen LogP contribution in [0.4, 0.5) is 10.5 Å². The van der Waals surface area contributed by atoms with Crippen LogP contribution in [0.25, 0.3) is 0 Å². The monoisotopic (exact) mass is 501 g/mol. The molecular weight excluding hydrogens is 466 g/mol. The van der Waals surface area contributed by atoms with E-state index in [1.54, 1.807) is 31.4 Å². The van der Waals surface area contributed by atoms with Crippen molar-refractivity contribution < 1.29 is 19.1 Å². The number of piperazine rings is 1. The predicted molar refractivity (Wildman–Crippen MR) is 145 cm³/mol. The SMILES string of the molecule is COc1cccc([C@@H](CN2CCN(C(=O)Nc3cccc(C(C)=O)c3)CC2)OCc2ccc(C)cc2)c1. The van der Waals surface area contributed by atoms with Gasteiger partial charge in [0.15, 0.2) is 5.78 Å². The van der Waals surface area contributed by atoms with Crippen LogP contribution < -0.4 is 10.1 Å². The van der Waals surface area contributed by atoms with Crippen LogP contribution in [0.2, 0.25) is 0 Å². The van der Waals surface area contributed by atoms with Crippen molar-refractivity contribution in [3.05, 3.63) is 95.1 Å². The second-order valence-corrected chi connectivity index (χ2v) is 9.42. The zero-order valence-corrected chi connectivity index (χ0v) is 21.8. The van der Waals surface area contributed by atoms with Gasteiger partial charge in [0.2, 0.25) is 0 Å². The number of carbonyl (C=O) groups is 2. The van der Waals surface area contributed by atoms with Crippen LogP contribution >= 0.6 is 0 Å². The molecule has 7 heteroatoms. The number of nitrogens with one attached hydrogen (secondary N) is 1. The van der Waals surface area contributed by atoms with E-state index >= 15 is 0 Å². The number of ether oxygens (including phenoxy) is 2. The Hall–Kier alpha value is -3.68. The van der Waals surface area contributed by atoms with Crippen molar-refractivity contribution in [3.8, 4) is 5.75 Å². The van der Waals surface area contributed by atoms with Gasteiger partial charge in [-0.2, -0.15) is 0 Å². The molecule has 1 heterocycles. The minimum Gasteiger partial charge on any atom is -0.497 e. The molecule has 194 valence electrons. The molecule has 3 aromatic carbocycles. The highest BCUT2D eigenvalue weighted by molar-refractivity contribution is 5.96. The van der Waals surface area contributed by atoms with E-state index in [9.17, 15) is 9.59 Å². The molecule has 2 amide bonds. The van der Waals surface area contributed by atoms with Crippen molar-refractivity contribution >= 4 is 17.5 Å². The number of Topliss-reactive ketones (excluding diaryl/α,β-unsaturated/α-hetero) is 1. The van der Waals surface area contributed by atoms with E-state index in [2.05, 4.69) is 47.5 Å². The van der Waals surface area contributed by atoms with Gasteiger partial charge in [0.05, 0.1) is 19.8 Å². The second kappa shape index (κ2) is 12.5. The van der Waals surface area contributed by atoms with Gasteiger partial charge in [-0.25, -0.2) is 4.79 Å². The molecule has 1 N–H and O–H groups in total. The van der Waals surface area contributed by atoms with Crippen molar-refractivity contribution in [1.29, 1.82) is 0 Å². The average Bonchev–Trinajstić information content (AvgIpc) is 2.92. The Kier molecular flexibility index (Phi) is 8.93. The summed E-state index contributed by atoms with van der Waals surface area (Å²) in [6.45, 7) is 7.54. The standard InChI is InChI=1S/C30H35N3O4/c1-22-10-12-24(13-11-22)21-37-29(26-7-5-9-28(19-26)36-3)20-32-14-16-33(17-15-32)30(35)31-27-8-4-6-25(18-27)23(2)34/h4-13,18-19,29H,14-17,20-21H2,1-3H3,(H,31,35)/t29-/m1/s1. The van der Waals surface area contributed by atoms with Crippen LogP contribution in [0.15, 0.2) is 72.8 Å². The second-order valence-electron chi connectivity index (χ2n) is 9.42. The van der Waals surface area contributed by atoms with Crippen molar-refractivity contribution in [3.63, 3.8) is 0 Å². The van der Waals surface area contributed by atoms with E-state index in [1.807, 2.05) is 23.1 Å². The zero-order chi connectivity index (χ0) is 26.2. The molecular formula is C30H35N3O4. The Morgan fingerprint density at radius 1 is 0.946 bits per heavy atom. The lowest BCUT2D eigenvalue weighted by molar-refractivity contribution is 0.00584. The molecule has 0 saturated carbocycles. The highest BCUT2D eigenvalue weighted by Gasteiger charge is 2.24. The lowest BCUT2D eigenvalue weighted by Crippen LogP contribution is -2.50. The number of carbonyl (C=O) groups excluding carboxylic acids is 2. The molecule has 0 aromatic heterocycles. The minimum absolute atomic E-state index is 0.0279. The number of amides is 2. The largest absolute Gasteiger partial charge is 0.497 e. The molecule has 0 spiro atoms. The first-order chi connectivity index (χ1) is 17.9. The lowest BCUT2D eigenvalue weighted by atomic mass is 10.1. The van der Waals surface area contributed by atoms with Gasteiger partial charge in [0.25, 0.3) is 0 Å². The molecule has 37 heavy (non-hydrogen) atoms. The summed E-state index contributed by atoms with van der Waals surface area (Å²) in [7, 11) is 1.67. The number of anilines is 1. The van der Waals surface area contributed by atoms with Crippen molar-refractivity contribution in [2.75, 3.05) is 45.2 Å². The Bertz CT molecular complexity index is 1200. The Labute approximate surface area is 219 Å². The van der Waals surface area contributed by atoms with E-state index in [4.69, 9.17) is 9.47 Å². The van der Waals surface area contributed by atoms with E-state index in [1.165, 1.54) is 12.5 Å². The molecule has 0 radical (unpaired) electrons. The summed E-state index contributed by atoms with van der Waals surface area (Å²) in [4.78, 5) is 28.6. The molecule has 3 aromatic rings. The maximum atomic E-state index is 12.8. The minimum atomic E-state index is -0.152. The predicted octanol–water partition coefficient (Wildman–Crippen LogP) is 5.31. The number of hydrogen-bond acceptors (Lipinski definition) is 5. The van der Waals surface area contributed by atoms with E-state index in [-0.39, 0.29) is 17.9 Å². The summed E-state index contributed by atoms with van der Waals surface area (Å²) in [5.74, 6) is 0.775. The maximum absolute atomic E-state index is 12.8. The molecule has 0 aliphatic carbocycles. The third-order valence-electron chi connectivity index (χ3n) is 6.64. The smallest absolute Gasteiger partial charge is 0.321 e. The summed E-state index contributed by atoms with van der Waals surface area (Å²) in [6.07, 6.45) is -0.133. The summed E-state index contributed by atoms with van der Waals surface area (Å²) in [6, 6.07) is 23.3. The molecule has 1 saturated heterocycles. The zero-order valence-electron chi connectivity index (χ0n) is 21.8. The average molecular weight is 502 g/mol. The Morgan fingerprint density at radius 2 is 1.68 bits per heavy atom. The van der Waals surface area contributed by atoms with Gasteiger partial charge in [0.1, 0.15) is 5.75 Å². The normalized spacial score (nSPS) is 14.7. The van der Waals surface area contributed by atoms with Crippen LogP contribution in [0.5, 0.6) is 5.75 Å². The number of rotatable bonds is 9. The molecule has 1 fully saturated rings. The van der Waals surface area contributed by atoms with Gasteiger partial charge < -0.3 is 19.7 Å².